The van der Waals surface area contributed by atoms with Gasteiger partial charge >= 0.3 is 12.1 Å². The number of aliphatic hydroxyl groups is 1. The summed E-state index contributed by atoms with van der Waals surface area (Å²) in [5.41, 5.74) is 4.30. The molecule has 3 aliphatic heterocycles. The molecule has 3 aliphatic rings. The molecule has 1 unspecified atom stereocenters. The summed E-state index contributed by atoms with van der Waals surface area (Å²) in [5, 5.41) is 28.3. The van der Waals surface area contributed by atoms with E-state index >= 15 is 0 Å². The molecule has 3 fully saturated rings. The molecule has 63 heavy (non-hydrogen) atoms. The number of aromatic nitrogens is 1. The van der Waals surface area contributed by atoms with E-state index in [0.717, 1.165) is 54.7 Å². The SMILES string of the molecule is O=C(NC(c1ccccc1)c1cccc(OCc2ccc(C(=O)OCCOc3ccc(CNC[C@H](O)c4ccc(O)c5[nH]c(=O)ccc45)c(Cl)c3)cc2)c1)O[C@H]1CN2CCC1CC2. The second-order valence-corrected chi connectivity index (χ2v) is 16.2. The number of benzene rings is 5. The number of hydrogen-bond acceptors (Lipinski definition) is 11. The van der Waals surface area contributed by atoms with Crippen LogP contribution in [0.4, 0.5) is 4.79 Å². The first-order valence-corrected chi connectivity index (χ1v) is 21.4. The number of halogens is 1. The third-order valence-corrected chi connectivity index (χ3v) is 11.9. The van der Waals surface area contributed by atoms with Crippen molar-refractivity contribution in [2.45, 2.75) is 44.2 Å². The van der Waals surface area contributed by atoms with Crippen molar-refractivity contribution >= 4 is 34.6 Å². The zero-order valence-corrected chi connectivity index (χ0v) is 35.3. The molecule has 326 valence electrons. The number of phenols is 1. The van der Waals surface area contributed by atoms with Crippen LogP contribution >= 0.6 is 11.6 Å². The average molecular weight is 873 g/mol. The fourth-order valence-corrected chi connectivity index (χ4v) is 8.40. The van der Waals surface area contributed by atoms with Crippen LogP contribution in [0.5, 0.6) is 17.2 Å². The molecule has 0 aliphatic carbocycles. The molecule has 1 aromatic heterocycles. The van der Waals surface area contributed by atoms with E-state index < -0.39 is 24.2 Å². The van der Waals surface area contributed by atoms with Gasteiger partial charge in [0, 0.05) is 36.1 Å². The van der Waals surface area contributed by atoms with Crippen molar-refractivity contribution in [2.24, 2.45) is 5.92 Å². The third-order valence-electron chi connectivity index (χ3n) is 11.6. The number of fused-ring (bicyclic) bond motifs is 4. The van der Waals surface area contributed by atoms with Gasteiger partial charge in [0.1, 0.15) is 43.2 Å². The number of aromatic amines is 1. The third kappa shape index (κ3) is 11.0. The number of nitrogens with one attached hydrogen (secondary N) is 3. The van der Waals surface area contributed by atoms with Gasteiger partial charge in [0.05, 0.1) is 23.2 Å². The van der Waals surface area contributed by atoms with E-state index in [9.17, 15) is 24.6 Å². The number of carbonyl (C=O) groups is 2. The van der Waals surface area contributed by atoms with Gasteiger partial charge in [-0.2, -0.15) is 0 Å². The Morgan fingerprint density at radius 1 is 0.841 bits per heavy atom. The summed E-state index contributed by atoms with van der Waals surface area (Å²) in [6.07, 6.45) is 0.681. The highest BCUT2D eigenvalue weighted by Gasteiger charge is 2.37. The van der Waals surface area contributed by atoms with Gasteiger partial charge in [-0.1, -0.05) is 78.3 Å². The van der Waals surface area contributed by atoms with E-state index in [-0.39, 0.29) is 49.3 Å². The number of piperidine rings is 3. The zero-order valence-electron chi connectivity index (χ0n) is 34.5. The second-order valence-electron chi connectivity index (χ2n) is 15.8. The summed E-state index contributed by atoms with van der Waals surface area (Å²) in [7, 11) is 0. The van der Waals surface area contributed by atoms with Gasteiger partial charge in [-0.25, -0.2) is 9.59 Å². The minimum atomic E-state index is -0.910. The van der Waals surface area contributed by atoms with E-state index in [0.29, 0.717) is 45.5 Å². The summed E-state index contributed by atoms with van der Waals surface area (Å²) < 4.78 is 23.3. The van der Waals surface area contributed by atoms with Crippen LogP contribution in [0.15, 0.2) is 126 Å². The molecule has 5 aromatic carbocycles. The van der Waals surface area contributed by atoms with Gasteiger partial charge in [0.25, 0.3) is 0 Å². The Morgan fingerprint density at radius 3 is 2.38 bits per heavy atom. The molecule has 4 heterocycles. The first-order valence-electron chi connectivity index (χ1n) is 21.0. The Hall–Kier alpha value is -6.38. The molecule has 14 heteroatoms. The predicted octanol–water partition coefficient (Wildman–Crippen LogP) is 7.43. The highest BCUT2D eigenvalue weighted by Crippen LogP contribution is 2.32. The summed E-state index contributed by atoms with van der Waals surface area (Å²) >= 11 is 6.52. The number of H-pyrrole nitrogens is 1. The fraction of sp³-hybridized carbons (Fsp3) is 0.286. The Bertz CT molecular complexity index is 2580. The van der Waals surface area contributed by atoms with Gasteiger partial charge in [0.2, 0.25) is 5.56 Å². The number of ether oxygens (including phenoxy) is 4. The maximum Gasteiger partial charge on any atom is 0.408 e. The molecule has 0 spiro atoms. The number of alkyl carbamates (subject to hydrolysis) is 1. The lowest BCUT2D eigenvalue weighted by Crippen LogP contribution is -2.52. The van der Waals surface area contributed by atoms with Crippen LogP contribution < -0.4 is 25.7 Å². The van der Waals surface area contributed by atoms with E-state index in [2.05, 4.69) is 20.5 Å². The lowest BCUT2D eigenvalue weighted by atomic mass is 9.86. The average Bonchev–Trinajstić information content (AvgIpc) is 3.30. The lowest BCUT2D eigenvalue weighted by Gasteiger charge is -2.43. The smallest absolute Gasteiger partial charge is 0.408 e. The Kier molecular flexibility index (Phi) is 13.9. The number of amides is 1. The van der Waals surface area contributed by atoms with Gasteiger partial charge in [-0.3, -0.25) is 9.69 Å². The highest BCUT2D eigenvalue weighted by atomic mass is 35.5. The summed E-state index contributed by atoms with van der Waals surface area (Å²) in [6.45, 7) is 3.89. The summed E-state index contributed by atoms with van der Waals surface area (Å²) in [5.74, 6) is 0.992. The van der Waals surface area contributed by atoms with Crippen LogP contribution in [0.25, 0.3) is 10.9 Å². The van der Waals surface area contributed by atoms with E-state index in [1.165, 1.54) is 12.1 Å². The second kappa shape index (κ2) is 20.2. The molecule has 6 aromatic rings. The van der Waals surface area contributed by atoms with Crippen LogP contribution in [-0.2, 0) is 22.6 Å². The highest BCUT2D eigenvalue weighted by molar-refractivity contribution is 6.31. The van der Waals surface area contributed by atoms with Crippen molar-refractivity contribution in [2.75, 3.05) is 39.4 Å². The van der Waals surface area contributed by atoms with Crippen molar-refractivity contribution in [1.82, 2.24) is 20.5 Å². The Morgan fingerprint density at radius 2 is 1.62 bits per heavy atom. The monoisotopic (exact) mass is 872 g/mol. The number of esters is 1. The van der Waals surface area contributed by atoms with Crippen LogP contribution in [0.3, 0.4) is 0 Å². The molecule has 2 bridgehead atoms. The van der Waals surface area contributed by atoms with E-state index in [4.69, 9.17) is 30.5 Å². The van der Waals surface area contributed by atoms with Crippen molar-refractivity contribution in [3.05, 3.63) is 170 Å². The number of aromatic hydroxyl groups is 1. The van der Waals surface area contributed by atoms with Crippen molar-refractivity contribution in [1.29, 1.82) is 0 Å². The molecule has 9 rings (SSSR count). The van der Waals surface area contributed by atoms with Crippen molar-refractivity contribution in [3.63, 3.8) is 0 Å². The van der Waals surface area contributed by atoms with Gasteiger partial charge in [-0.05, 0) is 108 Å². The maximum absolute atomic E-state index is 13.2. The molecule has 3 atom stereocenters. The molecule has 0 radical (unpaired) electrons. The van der Waals surface area contributed by atoms with Gasteiger partial charge in [-0.15, -0.1) is 0 Å². The van der Waals surface area contributed by atoms with Crippen molar-refractivity contribution < 1.29 is 38.7 Å². The minimum Gasteiger partial charge on any atom is -0.506 e. The number of carbonyl (C=O) groups excluding carboxylic acids is 2. The van der Waals surface area contributed by atoms with Gasteiger partial charge < -0.3 is 44.8 Å². The quantitative estimate of drug-likeness (QED) is 0.0456. The number of phenolic OH excluding ortho intramolecular Hbond substituents is 1. The molecular weight excluding hydrogens is 824 g/mol. The number of pyridine rings is 1. The number of rotatable bonds is 17. The lowest BCUT2D eigenvalue weighted by molar-refractivity contribution is -0.0336. The molecular formula is C49H49ClN4O9. The topological polar surface area (TPSA) is 172 Å². The first kappa shape index (κ1) is 43.3. The Labute approximate surface area is 369 Å². The van der Waals surface area contributed by atoms with Crippen LogP contribution in [-0.4, -0.2) is 77.7 Å². The standard InChI is InChI=1S/C49H49ClN4O9/c50-41-26-38(14-13-36(41)27-51-28-43(56)39-15-17-42(55)47-40(39)16-18-45(57)52-47)60-23-24-61-48(58)34-11-9-31(10-12-34)30-62-37-8-4-7-35(25-37)46(33-5-2-1-3-6-33)53-49(59)63-44-29-54-21-19-32(44)20-22-54/h1-18,25-26,32,43-44,46,51,55-56H,19-24,27-30H2,(H,52,57)(H,53,59)/t43-,44-,46?/m0/s1. The number of nitrogens with zero attached hydrogens (tertiary/aromatic N) is 1. The zero-order chi connectivity index (χ0) is 43.7. The first-order chi connectivity index (χ1) is 30.7. The van der Waals surface area contributed by atoms with Crippen LogP contribution in [0.1, 0.15) is 63.2 Å². The molecule has 3 saturated heterocycles. The predicted molar refractivity (Wildman–Crippen MR) is 238 cm³/mol. The maximum atomic E-state index is 13.2. The Balaban J connectivity index is 0.773. The summed E-state index contributed by atoms with van der Waals surface area (Å²) in [6, 6.07) is 35.2. The largest absolute Gasteiger partial charge is 0.506 e. The molecule has 1 amide bonds. The van der Waals surface area contributed by atoms with Crippen LogP contribution in [0, 0.1) is 5.92 Å². The summed E-state index contributed by atoms with van der Waals surface area (Å²) in [4.78, 5) is 42.7. The van der Waals surface area contributed by atoms with Crippen LogP contribution in [0.2, 0.25) is 5.02 Å². The fourth-order valence-electron chi connectivity index (χ4n) is 8.17. The number of hydrogen-bond donors (Lipinski definition) is 5. The van der Waals surface area contributed by atoms with Crippen molar-refractivity contribution in [3.8, 4) is 17.2 Å². The normalized spacial score (nSPS) is 17.7. The van der Waals surface area contributed by atoms with E-state index in [1.54, 1.807) is 36.4 Å². The molecule has 13 nitrogen and oxygen atoms in total. The minimum absolute atomic E-state index is 0.0228. The number of aliphatic hydroxyl groups excluding tert-OH is 1. The molecule has 5 N–H and O–H groups in total. The molecule has 0 saturated carbocycles. The van der Waals surface area contributed by atoms with E-state index in [1.807, 2.05) is 72.8 Å². The van der Waals surface area contributed by atoms with Gasteiger partial charge in [0.15, 0.2) is 0 Å².